The second kappa shape index (κ2) is 2.79. The molecule has 0 radical (unpaired) electrons. The molecular formula is C6H12N4. The Kier molecular flexibility index (Phi) is 2.01. The third-order valence-corrected chi connectivity index (χ3v) is 1.61. The number of nitrogens with zero attached hydrogens (tertiary/aromatic N) is 3. The summed E-state index contributed by atoms with van der Waals surface area (Å²) in [6.45, 7) is 3.96. The summed E-state index contributed by atoms with van der Waals surface area (Å²) in [5.41, 5.74) is 5.64. The van der Waals surface area contributed by atoms with Gasteiger partial charge in [-0.2, -0.15) is 5.10 Å². The third kappa shape index (κ3) is 1.33. The summed E-state index contributed by atoms with van der Waals surface area (Å²) < 4.78 is 1.75. The number of nitrogens with two attached hydrogens (primary N) is 1. The molecule has 4 nitrogen and oxygen atoms in total. The summed E-state index contributed by atoms with van der Waals surface area (Å²) in [6.07, 6.45) is 3.19. The highest BCUT2D eigenvalue weighted by molar-refractivity contribution is 4.71. The molecule has 1 aromatic rings. The fourth-order valence-electron chi connectivity index (χ4n) is 0.669. The van der Waals surface area contributed by atoms with Crippen LogP contribution in [0.15, 0.2) is 12.7 Å². The summed E-state index contributed by atoms with van der Waals surface area (Å²) in [7, 11) is 0. The minimum atomic E-state index is 0.113. The molecule has 0 saturated heterocycles. The van der Waals surface area contributed by atoms with Crippen LogP contribution in [0.1, 0.15) is 19.9 Å². The van der Waals surface area contributed by atoms with Crippen LogP contribution in [0.2, 0.25) is 0 Å². The molecule has 4 heteroatoms. The van der Waals surface area contributed by atoms with Gasteiger partial charge in [0.25, 0.3) is 0 Å². The van der Waals surface area contributed by atoms with Gasteiger partial charge in [-0.25, -0.2) is 9.67 Å². The van der Waals surface area contributed by atoms with Gasteiger partial charge in [0.1, 0.15) is 12.7 Å². The molecule has 10 heavy (non-hydrogen) atoms. The predicted molar refractivity (Wildman–Crippen MR) is 38.4 cm³/mol. The van der Waals surface area contributed by atoms with Crippen LogP contribution in [0, 0.1) is 0 Å². The molecule has 1 rings (SSSR count). The van der Waals surface area contributed by atoms with Crippen molar-refractivity contribution >= 4 is 0 Å². The first-order valence-corrected chi connectivity index (χ1v) is 3.31. The summed E-state index contributed by atoms with van der Waals surface area (Å²) in [6, 6.07) is 0.337. The zero-order valence-corrected chi connectivity index (χ0v) is 6.23. The average Bonchev–Trinajstić information content (AvgIpc) is 2.36. The molecular weight excluding hydrogens is 128 g/mol. The lowest BCUT2D eigenvalue weighted by atomic mass is 10.2. The topological polar surface area (TPSA) is 56.7 Å². The Morgan fingerprint density at radius 2 is 2.20 bits per heavy atom. The Morgan fingerprint density at radius 1 is 1.50 bits per heavy atom. The molecule has 0 aromatic carbocycles. The van der Waals surface area contributed by atoms with Gasteiger partial charge in [0.05, 0.1) is 6.04 Å². The number of hydrogen-bond donors (Lipinski definition) is 1. The zero-order chi connectivity index (χ0) is 7.56. The van der Waals surface area contributed by atoms with Gasteiger partial charge < -0.3 is 5.73 Å². The van der Waals surface area contributed by atoms with Gasteiger partial charge in [-0.15, -0.1) is 0 Å². The van der Waals surface area contributed by atoms with E-state index in [0.717, 1.165) is 0 Å². The van der Waals surface area contributed by atoms with E-state index < -0.39 is 0 Å². The molecule has 56 valence electrons. The van der Waals surface area contributed by atoms with Crippen LogP contribution in [0.3, 0.4) is 0 Å². The second-order valence-corrected chi connectivity index (χ2v) is 2.48. The lowest BCUT2D eigenvalue weighted by molar-refractivity contribution is 0.424. The smallest absolute Gasteiger partial charge is 0.137 e. The first-order chi connectivity index (χ1) is 4.72. The van der Waals surface area contributed by atoms with E-state index in [1.807, 2.05) is 13.8 Å². The lowest BCUT2D eigenvalue weighted by Gasteiger charge is -2.14. The first-order valence-electron chi connectivity index (χ1n) is 3.31. The SMILES string of the molecule is C[C@H]([C@@H](C)N)n1cncn1. The molecule has 0 bridgehead atoms. The standard InChI is InChI=1S/C6H12N4/c1-5(7)6(2)10-4-8-3-9-10/h3-6H,7H2,1-2H3/t5-,6-/m1/s1. The van der Waals surface area contributed by atoms with Crippen LogP contribution in [0.25, 0.3) is 0 Å². The van der Waals surface area contributed by atoms with Crippen molar-refractivity contribution in [2.24, 2.45) is 5.73 Å². The Balaban J connectivity index is 2.68. The van der Waals surface area contributed by atoms with E-state index in [-0.39, 0.29) is 12.1 Å². The Hall–Kier alpha value is -0.900. The van der Waals surface area contributed by atoms with Crippen LogP contribution in [0.4, 0.5) is 0 Å². The largest absolute Gasteiger partial charge is 0.326 e. The molecule has 1 aromatic heterocycles. The molecule has 0 aliphatic heterocycles. The molecule has 0 spiro atoms. The first kappa shape index (κ1) is 7.21. The van der Waals surface area contributed by atoms with Gasteiger partial charge in [-0.1, -0.05) is 0 Å². The quantitative estimate of drug-likeness (QED) is 0.637. The molecule has 0 aliphatic carbocycles. The minimum Gasteiger partial charge on any atom is -0.326 e. The third-order valence-electron chi connectivity index (χ3n) is 1.61. The highest BCUT2D eigenvalue weighted by Gasteiger charge is 2.08. The molecule has 2 atom stereocenters. The van der Waals surface area contributed by atoms with Gasteiger partial charge in [0.15, 0.2) is 0 Å². The monoisotopic (exact) mass is 140 g/mol. The summed E-state index contributed by atoms with van der Waals surface area (Å²) in [4.78, 5) is 3.82. The molecule has 0 fully saturated rings. The van der Waals surface area contributed by atoms with Crippen molar-refractivity contribution < 1.29 is 0 Å². The van der Waals surface area contributed by atoms with Crippen molar-refractivity contribution in [3.05, 3.63) is 12.7 Å². The molecule has 0 unspecified atom stereocenters. The lowest BCUT2D eigenvalue weighted by Crippen LogP contribution is -2.27. The summed E-state index contributed by atoms with van der Waals surface area (Å²) in [5.74, 6) is 0. The molecule has 2 N–H and O–H groups in total. The number of hydrogen-bond acceptors (Lipinski definition) is 3. The Bertz CT molecular complexity index is 180. The predicted octanol–water partition coefficient (Wildman–Crippen LogP) is 0.186. The van der Waals surface area contributed by atoms with Crippen LogP contribution < -0.4 is 5.73 Å². The summed E-state index contributed by atoms with van der Waals surface area (Å²) in [5, 5.41) is 3.96. The molecule has 0 saturated carbocycles. The molecule has 0 aliphatic rings. The van der Waals surface area contributed by atoms with Crippen molar-refractivity contribution in [1.82, 2.24) is 14.8 Å². The molecule has 1 heterocycles. The molecule has 0 amide bonds. The maximum Gasteiger partial charge on any atom is 0.137 e. The van der Waals surface area contributed by atoms with Gasteiger partial charge in [0.2, 0.25) is 0 Å². The minimum absolute atomic E-state index is 0.113. The fourth-order valence-corrected chi connectivity index (χ4v) is 0.669. The van der Waals surface area contributed by atoms with Crippen molar-refractivity contribution in [2.45, 2.75) is 25.9 Å². The van der Waals surface area contributed by atoms with E-state index >= 15 is 0 Å². The van der Waals surface area contributed by atoms with Crippen molar-refractivity contribution in [1.29, 1.82) is 0 Å². The van der Waals surface area contributed by atoms with Crippen LogP contribution in [-0.2, 0) is 0 Å². The van der Waals surface area contributed by atoms with E-state index in [1.54, 1.807) is 11.0 Å². The van der Waals surface area contributed by atoms with E-state index in [2.05, 4.69) is 10.1 Å². The van der Waals surface area contributed by atoms with E-state index in [1.165, 1.54) is 6.33 Å². The van der Waals surface area contributed by atoms with E-state index in [4.69, 9.17) is 5.73 Å². The Morgan fingerprint density at radius 3 is 2.60 bits per heavy atom. The summed E-state index contributed by atoms with van der Waals surface area (Å²) >= 11 is 0. The fraction of sp³-hybridized carbons (Fsp3) is 0.667. The van der Waals surface area contributed by atoms with Crippen molar-refractivity contribution in [3.63, 3.8) is 0 Å². The maximum atomic E-state index is 5.64. The van der Waals surface area contributed by atoms with E-state index in [9.17, 15) is 0 Å². The van der Waals surface area contributed by atoms with Gasteiger partial charge in [-0.05, 0) is 13.8 Å². The van der Waals surface area contributed by atoms with Gasteiger partial charge >= 0.3 is 0 Å². The average molecular weight is 140 g/mol. The highest BCUT2D eigenvalue weighted by Crippen LogP contribution is 2.04. The van der Waals surface area contributed by atoms with Gasteiger partial charge in [0, 0.05) is 6.04 Å². The Labute approximate surface area is 60.1 Å². The maximum absolute atomic E-state index is 5.64. The highest BCUT2D eigenvalue weighted by atomic mass is 15.3. The van der Waals surface area contributed by atoms with Crippen LogP contribution in [-0.4, -0.2) is 20.8 Å². The van der Waals surface area contributed by atoms with Crippen molar-refractivity contribution in [3.8, 4) is 0 Å². The number of aromatic nitrogens is 3. The van der Waals surface area contributed by atoms with E-state index in [0.29, 0.717) is 0 Å². The van der Waals surface area contributed by atoms with Crippen LogP contribution in [0.5, 0.6) is 0 Å². The van der Waals surface area contributed by atoms with Gasteiger partial charge in [-0.3, -0.25) is 0 Å². The normalized spacial score (nSPS) is 16.7. The van der Waals surface area contributed by atoms with Crippen molar-refractivity contribution in [2.75, 3.05) is 0 Å². The zero-order valence-electron chi connectivity index (χ0n) is 6.23. The van der Waals surface area contributed by atoms with Crippen LogP contribution >= 0.6 is 0 Å². The second-order valence-electron chi connectivity index (χ2n) is 2.48. The number of rotatable bonds is 2.